The lowest BCUT2D eigenvalue weighted by Gasteiger charge is -2.22. The molecular weight excluding hydrogens is 360 g/mol. The zero-order valence-electron chi connectivity index (χ0n) is 17.0. The molecule has 1 unspecified atom stereocenters. The van der Waals surface area contributed by atoms with Gasteiger partial charge in [0.15, 0.2) is 0 Å². The van der Waals surface area contributed by atoms with E-state index in [-0.39, 0.29) is 0 Å². The van der Waals surface area contributed by atoms with Gasteiger partial charge < -0.3 is 9.47 Å². The number of benzene rings is 1. The molecule has 1 saturated heterocycles. The highest BCUT2D eigenvalue weighted by atomic mass is 15.3. The average molecular weight is 387 g/mol. The molecule has 1 fully saturated rings. The van der Waals surface area contributed by atoms with Crippen LogP contribution in [0, 0.1) is 0 Å². The van der Waals surface area contributed by atoms with E-state index < -0.39 is 0 Å². The van der Waals surface area contributed by atoms with Crippen LogP contribution in [0.2, 0.25) is 0 Å². The average Bonchev–Trinajstić information content (AvgIpc) is 3.47. The second-order valence-electron chi connectivity index (χ2n) is 7.76. The molecule has 0 saturated carbocycles. The summed E-state index contributed by atoms with van der Waals surface area (Å²) in [5.74, 6) is 1.99. The molecule has 0 radical (unpaired) electrons. The Labute approximate surface area is 170 Å². The van der Waals surface area contributed by atoms with Gasteiger partial charge in [-0.15, -0.1) is 0 Å². The Morgan fingerprint density at radius 3 is 2.72 bits per heavy atom. The summed E-state index contributed by atoms with van der Waals surface area (Å²) in [6, 6.07) is 15.2. The minimum atomic E-state index is 0.562. The van der Waals surface area contributed by atoms with Crippen LogP contribution in [0.15, 0.2) is 54.9 Å². The molecule has 0 N–H and O–H groups in total. The zero-order chi connectivity index (χ0) is 19.8. The number of nitrogens with zero attached hydrogens (tertiary/aromatic N) is 6. The van der Waals surface area contributed by atoms with E-state index in [1.54, 1.807) is 0 Å². The van der Waals surface area contributed by atoms with Crippen LogP contribution in [-0.2, 0) is 13.1 Å². The summed E-state index contributed by atoms with van der Waals surface area (Å²) in [6.45, 7) is 7.03. The number of fused-ring (bicyclic) bond motifs is 1. The van der Waals surface area contributed by atoms with Crippen molar-refractivity contribution >= 4 is 16.9 Å². The number of aromatic nitrogens is 5. The zero-order valence-corrected chi connectivity index (χ0v) is 17.0. The molecule has 0 amide bonds. The first-order valence-corrected chi connectivity index (χ1v) is 10.4. The predicted molar refractivity (Wildman–Crippen MR) is 116 cm³/mol. The SMILES string of the molecule is CCn1ccc(Cn2c(-c3ccc(N4CCCC4C)nc3)nc3ccccc32)n1. The van der Waals surface area contributed by atoms with Gasteiger partial charge in [-0.3, -0.25) is 4.68 Å². The van der Waals surface area contributed by atoms with E-state index in [1.807, 2.05) is 23.1 Å². The lowest BCUT2D eigenvalue weighted by Crippen LogP contribution is -2.26. The third-order valence-electron chi connectivity index (χ3n) is 5.85. The number of hydrogen-bond acceptors (Lipinski definition) is 4. The van der Waals surface area contributed by atoms with Crippen LogP contribution < -0.4 is 4.90 Å². The van der Waals surface area contributed by atoms with E-state index in [2.05, 4.69) is 64.8 Å². The number of pyridine rings is 1. The lowest BCUT2D eigenvalue weighted by atomic mass is 10.2. The predicted octanol–water partition coefficient (Wildman–Crippen LogP) is 4.35. The third kappa shape index (κ3) is 3.28. The standard InChI is InChI=1S/C23H26N6/c1-3-27-14-12-19(26-27)16-29-21-9-5-4-8-20(21)25-23(29)18-10-11-22(24-15-18)28-13-6-7-17(28)2/h4-5,8-12,14-15,17H,3,6-7,13,16H2,1-2H3. The first-order valence-electron chi connectivity index (χ1n) is 10.4. The van der Waals surface area contributed by atoms with Crippen LogP contribution in [0.1, 0.15) is 32.4 Å². The third-order valence-corrected chi connectivity index (χ3v) is 5.85. The van der Waals surface area contributed by atoms with Gasteiger partial charge in [0.2, 0.25) is 0 Å². The lowest BCUT2D eigenvalue weighted by molar-refractivity contribution is 0.639. The monoisotopic (exact) mass is 386 g/mol. The summed E-state index contributed by atoms with van der Waals surface area (Å²) < 4.78 is 4.20. The van der Waals surface area contributed by atoms with E-state index in [0.29, 0.717) is 12.6 Å². The molecule has 1 aromatic carbocycles. The van der Waals surface area contributed by atoms with Gasteiger partial charge in [0.05, 0.1) is 23.3 Å². The molecule has 4 heterocycles. The van der Waals surface area contributed by atoms with Gasteiger partial charge in [-0.2, -0.15) is 5.10 Å². The summed E-state index contributed by atoms with van der Waals surface area (Å²) >= 11 is 0. The molecule has 4 aromatic rings. The summed E-state index contributed by atoms with van der Waals surface area (Å²) in [5, 5.41) is 4.67. The number of para-hydroxylation sites is 2. The van der Waals surface area contributed by atoms with Crippen molar-refractivity contribution in [1.82, 2.24) is 24.3 Å². The summed E-state index contributed by atoms with van der Waals surface area (Å²) in [7, 11) is 0. The molecule has 6 nitrogen and oxygen atoms in total. The molecule has 0 aliphatic carbocycles. The molecule has 148 valence electrons. The summed E-state index contributed by atoms with van der Waals surface area (Å²) in [4.78, 5) is 12.1. The van der Waals surface area contributed by atoms with Gasteiger partial charge >= 0.3 is 0 Å². The molecule has 0 spiro atoms. The molecule has 3 aromatic heterocycles. The highest BCUT2D eigenvalue weighted by molar-refractivity contribution is 5.80. The number of rotatable bonds is 5. The number of anilines is 1. The van der Waals surface area contributed by atoms with Gasteiger partial charge in [-0.1, -0.05) is 12.1 Å². The molecule has 1 aliphatic heterocycles. The number of aryl methyl sites for hydroxylation is 1. The van der Waals surface area contributed by atoms with E-state index in [4.69, 9.17) is 9.97 Å². The first kappa shape index (κ1) is 17.9. The Kier molecular flexibility index (Phi) is 4.54. The minimum absolute atomic E-state index is 0.562. The summed E-state index contributed by atoms with van der Waals surface area (Å²) in [5.41, 5.74) is 4.18. The van der Waals surface area contributed by atoms with Crippen LogP contribution in [0.4, 0.5) is 5.82 Å². The Morgan fingerprint density at radius 1 is 1.10 bits per heavy atom. The summed E-state index contributed by atoms with van der Waals surface area (Å²) in [6.07, 6.45) is 6.47. The van der Waals surface area contributed by atoms with E-state index in [1.165, 1.54) is 12.8 Å². The van der Waals surface area contributed by atoms with Gasteiger partial charge in [-0.25, -0.2) is 9.97 Å². The Balaban J connectivity index is 1.53. The molecule has 29 heavy (non-hydrogen) atoms. The fourth-order valence-corrected chi connectivity index (χ4v) is 4.24. The quantitative estimate of drug-likeness (QED) is 0.512. The van der Waals surface area contributed by atoms with Crippen molar-refractivity contribution < 1.29 is 0 Å². The Hall–Kier alpha value is -3.15. The Morgan fingerprint density at radius 2 is 2.00 bits per heavy atom. The largest absolute Gasteiger partial charge is 0.354 e. The van der Waals surface area contributed by atoms with Crippen LogP contribution >= 0.6 is 0 Å². The van der Waals surface area contributed by atoms with Gasteiger partial charge in [0, 0.05) is 37.1 Å². The second-order valence-corrected chi connectivity index (χ2v) is 7.76. The molecule has 1 aliphatic rings. The van der Waals surface area contributed by atoms with Crippen molar-refractivity contribution in [3.63, 3.8) is 0 Å². The highest BCUT2D eigenvalue weighted by Crippen LogP contribution is 2.28. The van der Waals surface area contributed by atoms with Crippen molar-refractivity contribution in [2.45, 2.75) is 45.8 Å². The molecule has 0 bridgehead atoms. The van der Waals surface area contributed by atoms with Crippen LogP contribution in [0.3, 0.4) is 0 Å². The van der Waals surface area contributed by atoms with E-state index >= 15 is 0 Å². The number of hydrogen-bond donors (Lipinski definition) is 0. The fraction of sp³-hybridized carbons (Fsp3) is 0.348. The first-order chi connectivity index (χ1) is 14.2. The van der Waals surface area contributed by atoms with Crippen molar-refractivity contribution in [3.05, 3.63) is 60.6 Å². The topological polar surface area (TPSA) is 51.8 Å². The Bertz CT molecular complexity index is 1120. The van der Waals surface area contributed by atoms with Crippen molar-refractivity contribution in [3.8, 4) is 11.4 Å². The highest BCUT2D eigenvalue weighted by Gasteiger charge is 2.22. The van der Waals surface area contributed by atoms with E-state index in [9.17, 15) is 0 Å². The van der Waals surface area contributed by atoms with Gasteiger partial charge in [0.1, 0.15) is 11.6 Å². The molecule has 5 rings (SSSR count). The second kappa shape index (κ2) is 7.35. The maximum Gasteiger partial charge on any atom is 0.143 e. The van der Waals surface area contributed by atoms with Crippen molar-refractivity contribution in [2.75, 3.05) is 11.4 Å². The van der Waals surface area contributed by atoms with Crippen molar-refractivity contribution in [1.29, 1.82) is 0 Å². The number of imidazole rings is 1. The molecule has 1 atom stereocenters. The molecule has 6 heteroatoms. The maximum atomic E-state index is 4.92. The van der Waals surface area contributed by atoms with Crippen LogP contribution in [0.25, 0.3) is 22.4 Å². The van der Waals surface area contributed by atoms with Crippen LogP contribution in [-0.4, -0.2) is 36.9 Å². The van der Waals surface area contributed by atoms with Gasteiger partial charge in [0.25, 0.3) is 0 Å². The van der Waals surface area contributed by atoms with E-state index in [0.717, 1.165) is 47.0 Å². The minimum Gasteiger partial charge on any atom is -0.354 e. The molecular formula is C23H26N6. The maximum absolute atomic E-state index is 4.92. The van der Waals surface area contributed by atoms with Gasteiger partial charge in [-0.05, 0) is 57.0 Å². The van der Waals surface area contributed by atoms with Crippen molar-refractivity contribution in [2.24, 2.45) is 0 Å². The normalized spacial score (nSPS) is 16.8. The smallest absolute Gasteiger partial charge is 0.143 e. The van der Waals surface area contributed by atoms with Crippen LogP contribution in [0.5, 0.6) is 0 Å². The fourth-order valence-electron chi connectivity index (χ4n) is 4.24.